The molecule has 0 radical (unpaired) electrons. The van der Waals surface area contributed by atoms with Crippen molar-refractivity contribution in [1.29, 1.82) is 0 Å². The lowest BCUT2D eigenvalue weighted by Gasteiger charge is -2.43. The van der Waals surface area contributed by atoms with Crippen molar-refractivity contribution in [2.45, 2.75) is 234 Å². The molecule has 1 aromatic carbocycles. The Morgan fingerprint density at radius 2 is 1.38 bits per heavy atom. The molecule has 0 aromatic heterocycles. The van der Waals surface area contributed by atoms with Crippen molar-refractivity contribution in [2.75, 3.05) is 27.7 Å². The molecule has 0 spiro atoms. The largest absolute Gasteiger partial charge is 0.497 e. The van der Waals surface area contributed by atoms with Gasteiger partial charge in [0.15, 0.2) is 20.2 Å². The van der Waals surface area contributed by atoms with Crippen molar-refractivity contribution < 1.29 is 71.6 Å². The quantitative estimate of drug-likeness (QED) is 0.0213. The molecule has 1 saturated heterocycles. The third-order valence-electron chi connectivity index (χ3n) is 15.4. The fraction of sp³-hybridized carbons (Fsp3) is 0.750. The lowest BCUT2D eigenvalue weighted by molar-refractivity contribution is -0.162. The normalized spacial score (nSPS) is 17.7. The summed E-state index contributed by atoms with van der Waals surface area (Å²) >= 11 is 0. The number of rotatable bonds is 31. The van der Waals surface area contributed by atoms with E-state index in [0.29, 0.717) is 18.6 Å². The van der Waals surface area contributed by atoms with Crippen LogP contribution in [0.1, 0.15) is 155 Å². The van der Waals surface area contributed by atoms with Crippen LogP contribution < -0.4 is 26.0 Å². The van der Waals surface area contributed by atoms with Gasteiger partial charge in [0.25, 0.3) is 0 Å². The van der Waals surface area contributed by atoms with Crippen LogP contribution in [0.4, 0.5) is 4.79 Å². The Hall–Kier alpha value is -5.61. The van der Waals surface area contributed by atoms with Crippen molar-refractivity contribution in [3.05, 3.63) is 29.8 Å². The van der Waals surface area contributed by atoms with Gasteiger partial charge in [0, 0.05) is 13.6 Å². The van der Waals surface area contributed by atoms with E-state index < -0.39 is 151 Å². The Morgan fingerprint density at radius 3 is 1.87 bits per heavy atom. The number of methoxy groups -OCH3 is 1. The molecule has 1 aliphatic rings. The van der Waals surface area contributed by atoms with Crippen LogP contribution in [0.15, 0.2) is 24.3 Å². The zero-order valence-corrected chi connectivity index (χ0v) is 54.1. The molecule has 1 heterocycles. The van der Waals surface area contributed by atoms with Crippen molar-refractivity contribution >= 4 is 61.7 Å². The Bertz CT molecular complexity index is 2320. The number of nitrogens with zero attached hydrogens (tertiary/aromatic N) is 2. The monoisotopic (exact) mass is 1170 g/mol. The molecule has 21 nitrogen and oxygen atoms in total. The summed E-state index contributed by atoms with van der Waals surface area (Å²) in [7, 11) is 1.73. The van der Waals surface area contributed by atoms with Gasteiger partial charge in [-0.1, -0.05) is 94.7 Å². The van der Waals surface area contributed by atoms with Gasteiger partial charge in [0.1, 0.15) is 47.7 Å². The third kappa shape index (κ3) is 21.9. The van der Waals surface area contributed by atoms with E-state index in [2.05, 4.69) is 21.3 Å². The van der Waals surface area contributed by atoms with E-state index in [9.17, 15) is 43.5 Å². The number of Topliss-reactive ketones (excluding diaryl/α,β-unsaturated/α-hetero) is 1. The van der Waals surface area contributed by atoms with Gasteiger partial charge in [-0.05, 0) is 133 Å². The van der Waals surface area contributed by atoms with Crippen molar-refractivity contribution in [2.24, 2.45) is 29.6 Å². The molecule has 22 heteroatoms. The second kappa shape index (κ2) is 31.9. The number of ketones is 1. The minimum atomic E-state index is -2.85. The number of amides is 5. The van der Waals surface area contributed by atoms with E-state index in [1.807, 2.05) is 87.5 Å². The highest BCUT2D eigenvalue weighted by atomic mass is 28.4. The van der Waals surface area contributed by atoms with Gasteiger partial charge in [0.2, 0.25) is 23.6 Å². The lowest BCUT2D eigenvalue weighted by atomic mass is 9.91. The Kier molecular flexibility index (Phi) is 28.2. The molecule has 5 N–H and O–H groups in total. The zero-order valence-electron chi connectivity index (χ0n) is 53.1. The van der Waals surface area contributed by atoms with Gasteiger partial charge in [-0.25, -0.2) is 9.59 Å². The number of carboxylic acid groups (broad SMARTS) is 1. The summed E-state index contributed by atoms with van der Waals surface area (Å²) in [5, 5.41) is 21.0. The Balaban J connectivity index is 2.69. The van der Waals surface area contributed by atoms with Crippen LogP contribution >= 0.6 is 0 Å². The Morgan fingerprint density at radius 1 is 0.793 bits per heavy atom. The van der Waals surface area contributed by atoms with E-state index in [-0.39, 0.29) is 44.1 Å². The molecule has 1 fully saturated rings. The van der Waals surface area contributed by atoms with Crippen LogP contribution in [0.2, 0.25) is 18.1 Å². The highest BCUT2D eigenvalue weighted by molar-refractivity contribution is 6.74. The molecular weight excluding hydrogens is 1070 g/mol. The predicted octanol–water partition coefficient (Wildman–Crippen LogP) is 7.21. The van der Waals surface area contributed by atoms with E-state index in [1.54, 1.807) is 60.9 Å². The first-order valence-corrected chi connectivity index (χ1v) is 32.0. The summed E-state index contributed by atoms with van der Waals surface area (Å²) in [5.41, 5.74) is -0.105. The molecule has 1 unspecified atom stereocenters. The summed E-state index contributed by atoms with van der Waals surface area (Å²) in [6.45, 7) is 32.7. The predicted molar refractivity (Wildman–Crippen MR) is 315 cm³/mol. The number of likely N-dealkylation sites (tertiary alicyclic amines) is 1. The molecule has 466 valence electrons. The van der Waals surface area contributed by atoms with Gasteiger partial charge >= 0.3 is 24.0 Å². The van der Waals surface area contributed by atoms with E-state index in [0.717, 1.165) is 5.56 Å². The highest BCUT2D eigenvalue weighted by Gasteiger charge is 2.46. The topological polar surface area (TPSA) is 275 Å². The van der Waals surface area contributed by atoms with E-state index >= 15 is 4.79 Å². The first kappa shape index (κ1) is 72.5. The summed E-state index contributed by atoms with van der Waals surface area (Å²) in [6, 6.07) is 0.432. The number of aliphatic carboxylic acids is 1. The minimum absolute atomic E-state index is 0.0843. The standard InChI is InChI=1S/C60H102N6O15Si/c1-22-37(8)48(63-54(71)49(64-53(70)45(31-35(4)5)65(18)58(76)80-59(11,12)13)39(10)78-57(75)43(61-17)32-40-25-27-41(77-19)28-26-40)46(81-82(20,21)60(14,15)16)33-47(67)79-51(36(6)7)50(68)38(9)52(69)62-42(30-34(2)3)55(72)66-29-23-24-44(66)56(73)74/h25-28,34-39,42-46,48-49,51,61H,22-24,29-33H2,1-21H3,(H,62,69)(H,63,71)(H,64,70)(H,73,74)/t37-,38?,39+,42-,43-,44-,45+,46-,48+,49-,51-/m0/s1. The molecule has 82 heavy (non-hydrogen) atoms. The van der Waals surface area contributed by atoms with Crippen molar-refractivity contribution in [3.8, 4) is 5.75 Å². The lowest BCUT2D eigenvalue weighted by Crippen LogP contribution is -2.62. The van der Waals surface area contributed by atoms with E-state index in [1.165, 1.54) is 30.7 Å². The number of benzene rings is 1. The molecule has 1 aromatic rings. The summed E-state index contributed by atoms with van der Waals surface area (Å²) < 4.78 is 30.1. The number of ether oxygens (including phenoxy) is 4. The van der Waals surface area contributed by atoms with Crippen LogP contribution in [0.3, 0.4) is 0 Å². The van der Waals surface area contributed by atoms with Gasteiger partial charge in [-0.3, -0.25) is 38.5 Å². The van der Waals surface area contributed by atoms with E-state index in [4.69, 9.17) is 23.4 Å². The maximum Gasteiger partial charge on any atom is 0.410 e. The number of carbonyl (C=O) groups excluding carboxylic acids is 8. The molecule has 11 atom stereocenters. The van der Waals surface area contributed by atoms with Crippen LogP contribution in [-0.4, -0.2) is 165 Å². The van der Waals surface area contributed by atoms with Gasteiger partial charge in [-0.2, -0.15) is 0 Å². The number of hydrogen-bond donors (Lipinski definition) is 5. The second-order valence-electron chi connectivity index (χ2n) is 25.8. The Labute approximate surface area is 489 Å². The van der Waals surface area contributed by atoms with Crippen LogP contribution in [0.25, 0.3) is 0 Å². The molecule has 0 aliphatic carbocycles. The smallest absolute Gasteiger partial charge is 0.410 e. The highest BCUT2D eigenvalue weighted by Crippen LogP contribution is 2.39. The second-order valence-corrected chi connectivity index (χ2v) is 30.6. The fourth-order valence-corrected chi connectivity index (χ4v) is 10.6. The molecule has 2 rings (SSSR count). The van der Waals surface area contributed by atoms with Gasteiger partial charge < -0.3 is 54.6 Å². The zero-order chi connectivity index (χ0) is 62.9. The van der Waals surface area contributed by atoms with Crippen molar-refractivity contribution in [1.82, 2.24) is 31.1 Å². The van der Waals surface area contributed by atoms with Crippen LogP contribution in [-0.2, 0) is 63.4 Å². The average Bonchev–Trinajstić information content (AvgIpc) is 3.90. The number of carbonyl (C=O) groups is 9. The molecule has 0 bridgehead atoms. The molecule has 0 saturated carbocycles. The number of esters is 2. The SMILES string of the molecule is CC[C@H](C)[C@@H](NC(=O)[C@@H](NC(=O)[C@@H](CC(C)C)N(C)C(=O)OC(C)(C)C)[C@@H](C)OC(=O)[C@H](Cc1ccc(OC)cc1)NC)[C@H](CC(=O)O[C@H](C(=O)C(C)C(=O)N[C@@H](CC(C)C)C(=O)N1CCC[C@H]1C(=O)O)C(C)C)O[Si](C)(C)C(C)(C)C. The van der Waals surface area contributed by atoms with Gasteiger partial charge in [0.05, 0.1) is 31.6 Å². The first-order valence-electron chi connectivity index (χ1n) is 29.1. The first-order chi connectivity index (χ1) is 37.8. The van der Waals surface area contributed by atoms with Gasteiger partial charge in [-0.15, -0.1) is 0 Å². The third-order valence-corrected chi connectivity index (χ3v) is 19.9. The van der Waals surface area contributed by atoms with Crippen LogP contribution in [0, 0.1) is 29.6 Å². The fourth-order valence-electron chi connectivity index (χ4n) is 9.26. The number of nitrogens with one attached hydrogen (secondary N) is 4. The molecule has 1 aliphatic heterocycles. The molecular formula is C60H102N6O15Si. The number of likely N-dealkylation sites (N-methyl/N-ethyl adjacent to an activating group) is 2. The minimum Gasteiger partial charge on any atom is -0.497 e. The number of hydrogen-bond acceptors (Lipinski definition) is 15. The molecule has 5 amide bonds. The van der Waals surface area contributed by atoms with Crippen molar-refractivity contribution in [3.63, 3.8) is 0 Å². The summed E-state index contributed by atoms with van der Waals surface area (Å²) in [4.78, 5) is 129. The summed E-state index contributed by atoms with van der Waals surface area (Å²) in [5.74, 6) is -8.32. The maximum absolute atomic E-state index is 15.3. The number of carboxylic acids is 1. The summed E-state index contributed by atoms with van der Waals surface area (Å²) in [6.07, 6.45) is -3.32. The van der Waals surface area contributed by atoms with Crippen LogP contribution in [0.5, 0.6) is 5.75 Å². The average molecular weight is 1180 g/mol. The maximum atomic E-state index is 15.3.